The molecular weight excluding hydrogens is 372 g/mol. The van der Waals surface area contributed by atoms with E-state index in [9.17, 15) is 19.7 Å². The summed E-state index contributed by atoms with van der Waals surface area (Å²) in [6.07, 6.45) is 4.66. The van der Waals surface area contributed by atoms with Crippen LogP contribution in [0.5, 0.6) is 0 Å². The van der Waals surface area contributed by atoms with Gasteiger partial charge >= 0.3 is 0 Å². The van der Waals surface area contributed by atoms with Crippen LogP contribution in [0, 0.1) is 10.1 Å². The second-order valence-corrected chi connectivity index (χ2v) is 6.10. The summed E-state index contributed by atoms with van der Waals surface area (Å²) in [7, 11) is 0. The molecule has 0 bridgehead atoms. The van der Waals surface area contributed by atoms with Crippen LogP contribution < -0.4 is 9.99 Å². The highest BCUT2D eigenvalue weighted by Crippen LogP contribution is 2.10. The Balaban J connectivity index is 1.61. The Labute approximate surface area is 166 Å². The van der Waals surface area contributed by atoms with Gasteiger partial charge in [0.1, 0.15) is 5.56 Å². The summed E-state index contributed by atoms with van der Waals surface area (Å²) in [5.41, 5.74) is 3.92. The third-order valence-corrected chi connectivity index (χ3v) is 4.03. The lowest BCUT2D eigenvalue weighted by Crippen LogP contribution is -2.38. The molecule has 1 aromatic heterocycles. The van der Waals surface area contributed by atoms with E-state index >= 15 is 0 Å². The van der Waals surface area contributed by atoms with Gasteiger partial charge in [0.2, 0.25) is 12.3 Å². The molecular formula is C21H17N4O4+. The fourth-order valence-electron chi connectivity index (χ4n) is 2.55. The Morgan fingerprint density at radius 2 is 1.69 bits per heavy atom. The van der Waals surface area contributed by atoms with Crippen molar-refractivity contribution in [3.05, 3.63) is 106 Å². The molecule has 0 radical (unpaired) electrons. The molecule has 0 saturated carbocycles. The molecule has 1 heterocycles. The van der Waals surface area contributed by atoms with E-state index in [-0.39, 0.29) is 18.0 Å². The summed E-state index contributed by atoms with van der Waals surface area (Å²) in [5.74, 6) is -0.506. The molecule has 1 N–H and O–H groups in total. The summed E-state index contributed by atoms with van der Waals surface area (Å²) in [6, 6.07) is 18.0. The fourth-order valence-corrected chi connectivity index (χ4v) is 2.55. The number of Topliss-reactive ketones (excluding diaryl/α,β-unsaturated/α-hetero) is 1. The first-order valence-electron chi connectivity index (χ1n) is 8.68. The van der Waals surface area contributed by atoms with Crippen molar-refractivity contribution >= 4 is 23.6 Å². The van der Waals surface area contributed by atoms with Crippen molar-refractivity contribution in [1.29, 1.82) is 0 Å². The zero-order chi connectivity index (χ0) is 20.6. The summed E-state index contributed by atoms with van der Waals surface area (Å²) >= 11 is 0. The number of nitro benzene ring substituents is 1. The van der Waals surface area contributed by atoms with Gasteiger partial charge in [0.05, 0.1) is 11.1 Å². The van der Waals surface area contributed by atoms with E-state index < -0.39 is 10.8 Å². The summed E-state index contributed by atoms with van der Waals surface area (Å²) < 4.78 is 1.63. The molecule has 8 heteroatoms. The van der Waals surface area contributed by atoms with E-state index in [1.54, 1.807) is 53.4 Å². The number of rotatable bonds is 7. The van der Waals surface area contributed by atoms with Gasteiger partial charge in [-0.05, 0) is 23.8 Å². The number of benzene rings is 2. The van der Waals surface area contributed by atoms with E-state index in [0.29, 0.717) is 16.7 Å². The number of ketones is 1. The number of carbonyl (C=O) groups is 2. The maximum atomic E-state index is 12.3. The van der Waals surface area contributed by atoms with Gasteiger partial charge in [0, 0.05) is 23.8 Å². The number of pyridine rings is 1. The first-order valence-corrected chi connectivity index (χ1v) is 8.68. The van der Waals surface area contributed by atoms with Crippen molar-refractivity contribution < 1.29 is 19.1 Å². The number of nitrogens with one attached hydrogen (secondary N) is 1. The van der Waals surface area contributed by atoms with E-state index in [4.69, 9.17) is 0 Å². The molecule has 0 spiro atoms. The minimum absolute atomic E-state index is 0.0231. The van der Waals surface area contributed by atoms with Crippen molar-refractivity contribution in [1.82, 2.24) is 5.43 Å². The van der Waals surface area contributed by atoms with Crippen molar-refractivity contribution in [2.24, 2.45) is 5.10 Å². The second kappa shape index (κ2) is 9.14. The van der Waals surface area contributed by atoms with Gasteiger partial charge in [-0.15, -0.1) is 0 Å². The molecule has 8 nitrogen and oxygen atoms in total. The molecule has 3 rings (SSSR count). The Hall–Kier alpha value is -4.20. The lowest BCUT2D eigenvalue weighted by Gasteiger charge is -2.01. The third-order valence-electron chi connectivity index (χ3n) is 4.03. The van der Waals surface area contributed by atoms with Gasteiger partial charge in [0.15, 0.2) is 12.4 Å². The van der Waals surface area contributed by atoms with Crippen LogP contribution in [0.2, 0.25) is 0 Å². The Morgan fingerprint density at radius 3 is 2.38 bits per heavy atom. The molecule has 0 saturated heterocycles. The maximum absolute atomic E-state index is 12.3. The topological polar surface area (TPSA) is 106 Å². The molecule has 0 unspecified atom stereocenters. The van der Waals surface area contributed by atoms with Gasteiger partial charge in [-0.1, -0.05) is 30.3 Å². The molecule has 29 heavy (non-hydrogen) atoms. The number of nitrogens with zero attached hydrogens (tertiary/aromatic N) is 3. The minimum atomic E-state index is -0.490. The SMILES string of the molecule is O=C(C[n+]1cccc(C(=O)N/N=C\c2ccc([N+](=O)[O-])cc2)c1)c1ccccc1. The fraction of sp³-hybridized carbons (Fsp3) is 0.0476. The highest BCUT2D eigenvalue weighted by atomic mass is 16.6. The number of nitro groups is 1. The van der Waals surface area contributed by atoms with Crippen molar-refractivity contribution in [2.45, 2.75) is 6.54 Å². The van der Waals surface area contributed by atoms with E-state index in [1.807, 2.05) is 6.07 Å². The zero-order valence-electron chi connectivity index (χ0n) is 15.3. The van der Waals surface area contributed by atoms with E-state index in [0.717, 1.165) is 0 Å². The number of non-ortho nitro benzene ring substituents is 1. The van der Waals surface area contributed by atoms with Gasteiger partial charge < -0.3 is 0 Å². The first-order chi connectivity index (χ1) is 14.0. The molecule has 3 aromatic rings. The molecule has 0 atom stereocenters. The number of hydrogen-bond donors (Lipinski definition) is 1. The van der Waals surface area contributed by atoms with E-state index in [1.165, 1.54) is 30.5 Å². The number of aromatic nitrogens is 1. The smallest absolute Gasteiger partial charge is 0.277 e. The monoisotopic (exact) mass is 389 g/mol. The number of hydrogen-bond acceptors (Lipinski definition) is 5. The highest BCUT2D eigenvalue weighted by Gasteiger charge is 2.14. The predicted octanol–water partition coefficient (Wildman–Crippen LogP) is 2.53. The largest absolute Gasteiger partial charge is 0.287 e. The lowest BCUT2D eigenvalue weighted by molar-refractivity contribution is -0.683. The number of hydrazone groups is 1. The standard InChI is InChI=1S/C21H16N4O4/c26-20(17-5-2-1-3-6-17)15-24-12-4-7-18(14-24)21(27)23-22-13-16-8-10-19(11-9-16)25(28)29/h1-14H,15H2/p+1/b22-13-. The second-order valence-electron chi connectivity index (χ2n) is 6.10. The molecule has 2 aromatic carbocycles. The Kier molecular flexibility index (Phi) is 6.16. The van der Waals surface area contributed by atoms with Crippen molar-refractivity contribution in [3.8, 4) is 0 Å². The minimum Gasteiger partial charge on any atom is -0.287 e. The molecule has 0 aliphatic carbocycles. The van der Waals surface area contributed by atoms with Crippen LogP contribution in [-0.2, 0) is 6.54 Å². The van der Waals surface area contributed by atoms with Crippen LogP contribution in [0.3, 0.4) is 0 Å². The highest BCUT2D eigenvalue weighted by molar-refractivity contribution is 5.95. The predicted molar refractivity (Wildman–Crippen MR) is 106 cm³/mol. The van der Waals surface area contributed by atoms with Gasteiger partial charge in [-0.25, -0.2) is 5.43 Å². The van der Waals surface area contributed by atoms with Gasteiger partial charge in [0.25, 0.3) is 11.6 Å². The first kappa shape index (κ1) is 19.6. The normalized spacial score (nSPS) is 10.6. The summed E-state index contributed by atoms with van der Waals surface area (Å²) in [6.45, 7) is 0.108. The van der Waals surface area contributed by atoms with Crippen LogP contribution in [0.25, 0.3) is 0 Å². The average Bonchev–Trinajstić information content (AvgIpc) is 2.75. The molecule has 0 aliphatic heterocycles. The van der Waals surface area contributed by atoms with E-state index in [2.05, 4.69) is 10.5 Å². The lowest BCUT2D eigenvalue weighted by atomic mass is 10.1. The zero-order valence-corrected chi connectivity index (χ0v) is 15.3. The number of carbonyl (C=O) groups excluding carboxylic acids is 2. The summed E-state index contributed by atoms with van der Waals surface area (Å²) in [5, 5.41) is 14.5. The summed E-state index contributed by atoms with van der Waals surface area (Å²) in [4.78, 5) is 34.7. The van der Waals surface area contributed by atoms with Crippen LogP contribution >= 0.6 is 0 Å². The molecule has 0 aliphatic rings. The van der Waals surface area contributed by atoms with Crippen LogP contribution in [0.15, 0.2) is 84.2 Å². The number of amides is 1. The Bertz CT molecular complexity index is 1060. The van der Waals surface area contributed by atoms with Crippen LogP contribution in [-0.4, -0.2) is 22.8 Å². The average molecular weight is 389 g/mol. The van der Waals surface area contributed by atoms with Gasteiger partial charge in [-0.2, -0.15) is 9.67 Å². The van der Waals surface area contributed by atoms with Crippen LogP contribution in [0.1, 0.15) is 26.3 Å². The van der Waals surface area contributed by atoms with Crippen molar-refractivity contribution in [2.75, 3.05) is 0 Å². The quantitative estimate of drug-likeness (QED) is 0.220. The molecule has 144 valence electrons. The third kappa shape index (κ3) is 5.39. The molecule has 0 fully saturated rings. The molecule has 1 amide bonds. The van der Waals surface area contributed by atoms with Crippen LogP contribution in [0.4, 0.5) is 5.69 Å². The maximum Gasteiger partial charge on any atom is 0.277 e. The Morgan fingerprint density at radius 1 is 1.00 bits per heavy atom. The van der Waals surface area contributed by atoms with Gasteiger partial charge in [-0.3, -0.25) is 19.7 Å². The van der Waals surface area contributed by atoms with Crippen molar-refractivity contribution in [3.63, 3.8) is 0 Å².